The SMILES string of the molecule is CCCCn1cnc(C=C2NC(=O)CN(C(C)=O)C2=O)c1C(C)C. The average Bonchev–Trinajstić information content (AvgIpc) is 2.91. The topological polar surface area (TPSA) is 84.3 Å². The van der Waals surface area contributed by atoms with Gasteiger partial charge in [-0.25, -0.2) is 4.98 Å². The Hall–Kier alpha value is -2.44. The van der Waals surface area contributed by atoms with Gasteiger partial charge in [-0.2, -0.15) is 0 Å². The van der Waals surface area contributed by atoms with Gasteiger partial charge in [0.1, 0.15) is 12.2 Å². The molecule has 1 aromatic heterocycles. The van der Waals surface area contributed by atoms with E-state index in [-0.39, 0.29) is 24.1 Å². The number of imidazole rings is 1. The number of nitrogens with zero attached hydrogens (tertiary/aromatic N) is 3. The zero-order valence-corrected chi connectivity index (χ0v) is 14.6. The second-order valence-corrected chi connectivity index (χ2v) is 6.23. The molecular formula is C17H24N4O3. The van der Waals surface area contributed by atoms with Crippen LogP contribution in [0, 0.1) is 0 Å². The van der Waals surface area contributed by atoms with Gasteiger partial charge in [-0.3, -0.25) is 19.3 Å². The van der Waals surface area contributed by atoms with Gasteiger partial charge in [-0.15, -0.1) is 0 Å². The molecule has 0 spiro atoms. The van der Waals surface area contributed by atoms with E-state index >= 15 is 0 Å². The van der Waals surface area contributed by atoms with E-state index in [0.29, 0.717) is 5.69 Å². The van der Waals surface area contributed by atoms with E-state index < -0.39 is 11.8 Å². The van der Waals surface area contributed by atoms with Crippen molar-refractivity contribution in [3.8, 4) is 0 Å². The lowest BCUT2D eigenvalue weighted by atomic mass is 10.1. The Bertz CT molecular complexity index is 688. The first-order valence-corrected chi connectivity index (χ1v) is 8.24. The predicted octanol–water partition coefficient (Wildman–Crippen LogP) is 1.65. The first-order valence-electron chi connectivity index (χ1n) is 8.24. The standard InChI is InChI=1S/C17H24N4O3/c1-5-6-7-20-10-18-13(16(20)11(2)3)8-14-17(24)21(12(4)22)9-15(23)19-14/h8,10-11H,5-7,9H2,1-4H3,(H,19,23). The molecule has 1 N–H and O–H groups in total. The molecule has 0 aromatic carbocycles. The second kappa shape index (κ2) is 7.42. The lowest BCUT2D eigenvalue weighted by Gasteiger charge is -2.25. The highest BCUT2D eigenvalue weighted by Gasteiger charge is 2.31. The molecule has 0 bridgehead atoms. The summed E-state index contributed by atoms with van der Waals surface area (Å²) in [5.74, 6) is -1.11. The van der Waals surface area contributed by atoms with Crippen LogP contribution < -0.4 is 5.32 Å². The lowest BCUT2D eigenvalue weighted by Crippen LogP contribution is -2.51. The number of hydrogen-bond acceptors (Lipinski definition) is 4. The third-order valence-electron chi connectivity index (χ3n) is 3.92. The molecule has 2 heterocycles. The maximum Gasteiger partial charge on any atom is 0.277 e. The maximum atomic E-state index is 12.4. The number of unbranched alkanes of at least 4 members (excludes halogenated alkanes) is 1. The van der Waals surface area contributed by atoms with Crippen molar-refractivity contribution in [1.29, 1.82) is 0 Å². The van der Waals surface area contributed by atoms with E-state index in [4.69, 9.17) is 0 Å². The largest absolute Gasteiger partial charge is 0.334 e. The van der Waals surface area contributed by atoms with Crippen LogP contribution >= 0.6 is 0 Å². The molecule has 7 nitrogen and oxygen atoms in total. The van der Waals surface area contributed by atoms with Crippen LogP contribution in [0.3, 0.4) is 0 Å². The zero-order valence-electron chi connectivity index (χ0n) is 14.6. The number of imide groups is 1. The van der Waals surface area contributed by atoms with Gasteiger partial charge in [0, 0.05) is 19.2 Å². The minimum absolute atomic E-state index is 0.0871. The fraction of sp³-hybridized carbons (Fsp3) is 0.529. The molecule has 24 heavy (non-hydrogen) atoms. The summed E-state index contributed by atoms with van der Waals surface area (Å²) in [6, 6.07) is 0. The molecule has 130 valence electrons. The van der Waals surface area contributed by atoms with Crippen LogP contribution in [0.25, 0.3) is 6.08 Å². The Morgan fingerprint density at radius 2 is 2.12 bits per heavy atom. The summed E-state index contributed by atoms with van der Waals surface area (Å²) in [6.45, 7) is 8.14. The molecule has 0 saturated carbocycles. The summed E-state index contributed by atoms with van der Waals surface area (Å²) in [6.07, 6.45) is 5.44. The molecule has 0 unspecified atom stereocenters. The summed E-state index contributed by atoms with van der Waals surface area (Å²) in [5.41, 5.74) is 1.75. The molecule has 1 fully saturated rings. The zero-order chi connectivity index (χ0) is 17.9. The van der Waals surface area contributed by atoms with E-state index in [1.807, 2.05) is 0 Å². The van der Waals surface area contributed by atoms with Crippen molar-refractivity contribution < 1.29 is 14.4 Å². The van der Waals surface area contributed by atoms with Crippen LogP contribution in [0.5, 0.6) is 0 Å². The van der Waals surface area contributed by atoms with Gasteiger partial charge in [0.05, 0.1) is 12.0 Å². The molecule has 0 aliphatic carbocycles. The van der Waals surface area contributed by atoms with E-state index in [0.717, 1.165) is 30.0 Å². The summed E-state index contributed by atoms with van der Waals surface area (Å²) >= 11 is 0. The van der Waals surface area contributed by atoms with Crippen molar-refractivity contribution in [2.75, 3.05) is 6.54 Å². The van der Waals surface area contributed by atoms with Crippen LogP contribution in [0.2, 0.25) is 0 Å². The highest BCUT2D eigenvalue weighted by Crippen LogP contribution is 2.22. The van der Waals surface area contributed by atoms with Gasteiger partial charge in [0.25, 0.3) is 5.91 Å². The van der Waals surface area contributed by atoms with Crippen LogP contribution in [-0.4, -0.2) is 38.7 Å². The van der Waals surface area contributed by atoms with E-state index in [1.165, 1.54) is 6.92 Å². The Kier molecular flexibility index (Phi) is 5.54. The smallest absolute Gasteiger partial charge is 0.277 e. The predicted molar refractivity (Wildman–Crippen MR) is 89.7 cm³/mol. The van der Waals surface area contributed by atoms with Crippen molar-refractivity contribution in [2.24, 2.45) is 0 Å². The summed E-state index contributed by atoms with van der Waals surface area (Å²) in [5, 5.41) is 2.55. The number of carbonyl (C=O) groups excluding carboxylic acids is 3. The summed E-state index contributed by atoms with van der Waals surface area (Å²) < 4.78 is 2.08. The van der Waals surface area contributed by atoms with E-state index in [9.17, 15) is 14.4 Å². The van der Waals surface area contributed by atoms with Gasteiger partial charge in [-0.05, 0) is 18.4 Å². The molecular weight excluding hydrogens is 308 g/mol. The molecule has 0 radical (unpaired) electrons. The van der Waals surface area contributed by atoms with Crippen LogP contribution in [0.15, 0.2) is 12.0 Å². The number of piperazine rings is 1. The maximum absolute atomic E-state index is 12.4. The molecule has 1 aromatic rings. The Labute approximate surface area is 141 Å². The Morgan fingerprint density at radius 3 is 2.71 bits per heavy atom. The Balaban J connectivity index is 2.39. The number of carbonyl (C=O) groups is 3. The number of nitrogens with one attached hydrogen (secondary N) is 1. The highest BCUT2D eigenvalue weighted by molar-refractivity contribution is 6.12. The van der Waals surface area contributed by atoms with E-state index in [2.05, 4.69) is 35.6 Å². The number of amides is 3. The first kappa shape index (κ1) is 17.9. The van der Waals surface area contributed by atoms with E-state index in [1.54, 1.807) is 12.4 Å². The monoisotopic (exact) mass is 332 g/mol. The molecule has 0 atom stereocenters. The highest BCUT2D eigenvalue weighted by atomic mass is 16.2. The fourth-order valence-electron chi connectivity index (χ4n) is 2.75. The first-order chi connectivity index (χ1) is 11.3. The molecule has 1 aliphatic heterocycles. The average molecular weight is 332 g/mol. The van der Waals surface area contributed by atoms with Crippen molar-refractivity contribution in [1.82, 2.24) is 19.8 Å². The van der Waals surface area contributed by atoms with Crippen molar-refractivity contribution in [3.05, 3.63) is 23.4 Å². The van der Waals surface area contributed by atoms with Crippen LogP contribution in [0.4, 0.5) is 0 Å². The fourth-order valence-corrected chi connectivity index (χ4v) is 2.75. The van der Waals surface area contributed by atoms with Crippen LogP contribution in [0.1, 0.15) is 57.8 Å². The molecule has 7 heteroatoms. The van der Waals surface area contributed by atoms with Crippen molar-refractivity contribution in [2.45, 2.75) is 53.0 Å². The van der Waals surface area contributed by atoms with Gasteiger partial charge < -0.3 is 9.88 Å². The minimum atomic E-state index is -0.500. The number of aryl methyl sites for hydroxylation is 1. The molecule has 2 rings (SSSR count). The van der Waals surface area contributed by atoms with Crippen LogP contribution in [-0.2, 0) is 20.9 Å². The lowest BCUT2D eigenvalue weighted by molar-refractivity contribution is -0.147. The van der Waals surface area contributed by atoms with Crippen molar-refractivity contribution in [3.63, 3.8) is 0 Å². The molecule has 1 saturated heterocycles. The summed E-state index contributed by atoms with van der Waals surface area (Å²) in [4.78, 5) is 41.0. The third kappa shape index (κ3) is 3.72. The summed E-state index contributed by atoms with van der Waals surface area (Å²) in [7, 11) is 0. The van der Waals surface area contributed by atoms with Gasteiger partial charge in [-0.1, -0.05) is 27.2 Å². The van der Waals surface area contributed by atoms with Gasteiger partial charge in [0.2, 0.25) is 11.8 Å². The number of hydrogen-bond donors (Lipinski definition) is 1. The molecule has 3 amide bonds. The second-order valence-electron chi connectivity index (χ2n) is 6.23. The Morgan fingerprint density at radius 1 is 1.42 bits per heavy atom. The van der Waals surface area contributed by atoms with Gasteiger partial charge >= 0.3 is 0 Å². The third-order valence-corrected chi connectivity index (χ3v) is 3.92. The number of rotatable bonds is 5. The van der Waals surface area contributed by atoms with Gasteiger partial charge in [0.15, 0.2) is 0 Å². The molecule has 1 aliphatic rings. The normalized spacial score (nSPS) is 16.9. The minimum Gasteiger partial charge on any atom is -0.334 e. The van der Waals surface area contributed by atoms with Crippen molar-refractivity contribution >= 4 is 23.8 Å². The quantitative estimate of drug-likeness (QED) is 0.831. The number of aromatic nitrogens is 2.